The van der Waals surface area contributed by atoms with Gasteiger partial charge in [-0.05, 0) is 36.4 Å². The van der Waals surface area contributed by atoms with Crippen LogP contribution < -0.4 is 10.6 Å². The Morgan fingerprint density at radius 2 is 1.79 bits per heavy atom. The zero-order chi connectivity index (χ0) is 19.8. The smallest absolute Gasteiger partial charge is 0.250 e. The van der Waals surface area contributed by atoms with Gasteiger partial charge in [0.1, 0.15) is 6.61 Å². The number of amides is 2. The molecule has 2 aromatic heterocycles. The van der Waals surface area contributed by atoms with Gasteiger partial charge in [-0.15, -0.1) is 0 Å². The SMILES string of the molecule is COCC(=O)Nc1ccc(NC(=O)CCc2nc(-c3cccnc3)no2)cc1. The van der Waals surface area contributed by atoms with Crippen molar-refractivity contribution in [2.45, 2.75) is 12.8 Å². The van der Waals surface area contributed by atoms with Crippen molar-refractivity contribution in [2.24, 2.45) is 0 Å². The van der Waals surface area contributed by atoms with Crippen molar-refractivity contribution in [1.29, 1.82) is 0 Å². The lowest BCUT2D eigenvalue weighted by atomic mass is 10.2. The Labute approximate surface area is 161 Å². The number of carbonyl (C=O) groups is 2. The number of benzene rings is 1. The predicted molar refractivity (Wildman–Crippen MR) is 101 cm³/mol. The Morgan fingerprint density at radius 3 is 2.43 bits per heavy atom. The maximum Gasteiger partial charge on any atom is 0.250 e. The quantitative estimate of drug-likeness (QED) is 0.614. The minimum absolute atomic E-state index is 0.0172. The minimum atomic E-state index is -0.246. The van der Waals surface area contributed by atoms with Crippen molar-refractivity contribution < 1.29 is 18.8 Å². The fraction of sp³-hybridized carbons (Fsp3) is 0.211. The molecular weight excluding hydrogens is 362 g/mol. The molecule has 3 aromatic rings. The first-order valence-corrected chi connectivity index (χ1v) is 8.56. The van der Waals surface area contributed by atoms with E-state index in [0.717, 1.165) is 5.56 Å². The van der Waals surface area contributed by atoms with E-state index < -0.39 is 0 Å². The number of hydrogen-bond donors (Lipinski definition) is 2. The van der Waals surface area contributed by atoms with E-state index in [1.807, 2.05) is 6.07 Å². The maximum absolute atomic E-state index is 12.1. The van der Waals surface area contributed by atoms with Crippen molar-refractivity contribution in [3.63, 3.8) is 0 Å². The van der Waals surface area contributed by atoms with Crippen LogP contribution in [0.15, 0.2) is 53.3 Å². The average Bonchev–Trinajstić information content (AvgIpc) is 3.18. The molecule has 2 N–H and O–H groups in total. The molecule has 9 heteroatoms. The summed E-state index contributed by atoms with van der Waals surface area (Å²) in [5, 5.41) is 9.35. The van der Waals surface area contributed by atoms with E-state index in [1.54, 1.807) is 42.7 Å². The number of carbonyl (C=O) groups excluding carboxylic acids is 2. The predicted octanol–water partition coefficient (Wildman–Crippen LogP) is 2.29. The van der Waals surface area contributed by atoms with Crippen molar-refractivity contribution in [3.05, 3.63) is 54.7 Å². The lowest BCUT2D eigenvalue weighted by Gasteiger charge is -2.07. The van der Waals surface area contributed by atoms with Gasteiger partial charge < -0.3 is 19.9 Å². The fourth-order valence-electron chi connectivity index (χ4n) is 2.38. The molecule has 0 aliphatic heterocycles. The number of hydrogen-bond acceptors (Lipinski definition) is 7. The fourth-order valence-corrected chi connectivity index (χ4v) is 2.38. The first-order chi connectivity index (χ1) is 13.6. The van der Waals surface area contributed by atoms with Crippen molar-refractivity contribution >= 4 is 23.2 Å². The Morgan fingerprint density at radius 1 is 1.07 bits per heavy atom. The van der Waals surface area contributed by atoms with Crippen LogP contribution >= 0.6 is 0 Å². The van der Waals surface area contributed by atoms with Crippen LogP contribution in [0.1, 0.15) is 12.3 Å². The summed E-state index contributed by atoms with van der Waals surface area (Å²) in [7, 11) is 1.45. The molecule has 1 aromatic carbocycles. The molecule has 144 valence electrons. The van der Waals surface area contributed by atoms with Crippen LogP contribution in [0, 0.1) is 0 Å². The van der Waals surface area contributed by atoms with Crippen LogP contribution in [0.3, 0.4) is 0 Å². The molecule has 0 atom stereocenters. The van der Waals surface area contributed by atoms with E-state index >= 15 is 0 Å². The molecule has 0 saturated carbocycles. The third-order valence-electron chi connectivity index (χ3n) is 3.68. The second-order valence-corrected chi connectivity index (χ2v) is 5.86. The molecule has 0 radical (unpaired) electrons. The number of anilines is 2. The van der Waals surface area contributed by atoms with Crippen molar-refractivity contribution in [1.82, 2.24) is 15.1 Å². The molecule has 0 aliphatic carbocycles. The van der Waals surface area contributed by atoms with Gasteiger partial charge in [-0.1, -0.05) is 5.16 Å². The van der Waals surface area contributed by atoms with Gasteiger partial charge in [-0.25, -0.2) is 0 Å². The zero-order valence-corrected chi connectivity index (χ0v) is 15.2. The third-order valence-corrected chi connectivity index (χ3v) is 3.68. The second-order valence-electron chi connectivity index (χ2n) is 5.86. The number of methoxy groups -OCH3 is 1. The summed E-state index contributed by atoms with van der Waals surface area (Å²) >= 11 is 0. The Hall–Kier alpha value is -3.59. The highest BCUT2D eigenvalue weighted by molar-refractivity contribution is 5.93. The lowest BCUT2D eigenvalue weighted by molar-refractivity contribution is -0.119. The first kappa shape index (κ1) is 19.2. The van der Waals surface area contributed by atoms with Gasteiger partial charge in [0.05, 0.1) is 0 Å². The van der Waals surface area contributed by atoms with E-state index in [2.05, 4.69) is 25.8 Å². The molecule has 0 spiro atoms. The van der Waals surface area contributed by atoms with E-state index in [-0.39, 0.29) is 24.8 Å². The summed E-state index contributed by atoms with van der Waals surface area (Å²) in [5.41, 5.74) is 1.99. The highest BCUT2D eigenvalue weighted by Gasteiger charge is 2.11. The molecule has 0 fully saturated rings. The van der Waals surface area contributed by atoms with E-state index in [9.17, 15) is 9.59 Å². The molecule has 0 unspecified atom stereocenters. The molecule has 28 heavy (non-hydrogen) atoms. The van der Waals surface area contributed by atoms with Crippen molar-refractivity contribution in [2.75, 3.05) is 24.4 Å². The van der Waals surface area contributed by atoms with Gasteiger partial charge in [0.25, 0.3) is 0 Å². The average molecular weight is 381 g/mol. The second kappa shape index (κ2) is 9.38. The van der Waals surface area contributed by atoms with Gasteiger partial charge >= 0.3 is 0 Å². The van der Waals surface area contributed by atoms with E-state index in [0.29, 0.717) is 29.5 Å². The highest BCUT2D eigenvalue weighted by atomic mass is 16.5. The summed E-state index contributed by atoms with van der Waals surface area (Å²) in [6, 6.07) is 10.4. The van der Waals surface area contributed by atoms with Gasteiger partial charge in [-0.3, -0.25) is 14.6 Å². The van der Waals surface area contributed by atoms with E-state index in [4.69, 9.17) is 9.26 Å². The molecular formula is C19H19N5O4. The van der Waals surface area contributed by atoms with Gasteiger partial charge in [-0.2, -0.15) is 4.98 Å². The summed E-state index contributed by atoms with van der Waals surface area (Å²) in [6.07, 6.45) is 3.82. The summed E-state index contributed by atoms with van der Waals surface area (Å²) in [5.74, 6) is 0.390. The van der Waals surface area contributed by atoms with Gasteiger partial charge in [0, 0.05) is 49.3 Å². The molecule has 0 saturated heterocycles. The van der Waals surface area contributed by atoms with Gasteiger partial charge in [0.2, 0.25) is 23.5 Å². The number of rotatable bonds is 8. The number of ether oxygens (including phenoxy) is 1. The van der Waals surface area contributed by atoms with Crippen LogP contribution in [-0.4, -0.2) is 40.7 Å². The highest BCUT2D eigenvalue weighted by Crippen LogP contribution is 2.16. The van der Waals surface area contributed by atoms with Gasteiger partial charge in [0.15, 0.2) is 0 Å². The normalized spacial score (nSPS) is 10.5. The Bertz CT molecular complexity index is 925. The van der Waals surface area contributed by atoms with Crippen LogP contribution in [0.5, 0.6) is 0 Å². The summed E-state index contributed by atoms with van der Waals surface area (Å²) in [6.45, 7) is -0.0172. The standard InChI is InChI=1S/C19H19N5O4/c1-27-12-17(26)22-15-6-4-14(5-7-15)21-16(25)8-9-18-23-19(24-28-18)13-3-2-10-20-11-13/h2-7,10-11H,8-9,12H2,1H3,(H,21,25)(H,22,26). The Kier molecular flexibility index (Phi) is 6.42. The summed E-state index contributed by atoms with van der Waals surface area (Å²) in [4.78, 5) is 31.8. The molecule has 3 rings (SSSR count). The topological polar surface area (TPSA) is 119 Å². The monoisotopic (exact) mass is 381 g/mol. The van der Waals surface area contributed by atoms with E-state index in [1.165, 1.54) is 7.11 Å². The lowest BCUT2D eigenvalue weighted by Crippen LogP contribution is -2.17. The first-order valence-electron chi connectivity index (χ1n) is 8.56. The van der Waals surface area contributed by atoms with Crippen LogP contribution in [0.4, 0.5) is 11.4 Å². The number of pyridine rings is 1. The zero-order valence-electron chi connectivity index (χ0n) is 15.2. The Balaban J connectivity index is 1.48. The van der Waals surface area contributed by atoms with Crippen LogP contribution in [-0.2, 0) is 20.7 Å². The summed E-state index contributed by atoms with van der Waals surface area (Å²) < 4.78 is 9.93. The number of aryl methyl sites for hydroxylation is 1. The number of nitrogens with zero attached hydrogens (tertiary/aromatic N) is 3. The molecule has 2 amide bonds. The maximum atomic E-state index is 12.1. The van der Waals surface area contributed by atoms with Crippen molar-refractivity contribution in [3.8, 4) is 11.4 Å². The van der Waals surface area contributed by atoms with Crippen LogP contribution in [0.25, 0.3) is 11.4 Å². The minimum Gasteiger partial charge on any atom is -0.375 e. The van der Waals surface area contributed by atoms with Crippen LogP contribution in [0.2, 0.25) is 0 Å². The number of nitrogens with one attached hydrogen (secondary N) is 2. The third kappa shape index (κ3) is 5.45. The largest absolute Gasteiger partial charge is 0.375 e. The molecule has 9 nitrogen and oxygen atoms in total. The number of aromatic nitrogens is 3. The molecule has 2 heterocycles. The molecule has 0 aliphatic rings. The molecule has 0 bridgehead atoms.